The third-order valence-corrected chi connectivity index (χ3v) is 10.9. The van der Waals surface area contributed by atoms with E-state index in [0.29, 0.717) is 5.92 Å². The summed E-state index contributed by atoms with van der Waals surface area (Å²) in [5.41, 5.74) is 1.45. The fourth-order valence-electron chi connectivity index (χ4n) is 3.68. The molecular formula is C18H34O2Si. The summed E-state index contributed by atoms with van der Waals surface area (Å²) in [5, 5.41) is 10.7. The molecule has 2 rings (SSSR count). The first-order valence-electron chi connectivity index (χ1n) is 8.55. The van der Waals surface area contributed by atoms with Crippen LogP contribution in [0.2, 0.25) is 18.1 Å². The zero-order valence-electron chi connectivity index (χ0n) is 15.0. The molecule has 0 aromatic heterocycles. The van der Waals surface area contributed by atoms with Gasteiger partial charge in [0.15, 0.2) is 8.32 Å². The van der Waals surface area contributed by atoms with Gasteiger partial charge in [-0.05, 0) is 49.7 Å². The number of aliphatic hydroxyl groups excluding tert-OH is 1. The Bertz CT molecular complexity index is 421. The minimum atomic E-state index is -1.72. The van der Waals surface area contributed by atoms with Crippen molar-refractivity contribution in [3.63, 3.8) is 0 Å². The molecule has 1 fully saturated rings. The minimum Gasteiger partial charge on any atom is -0.411 e. The van der Waals surface area contributed by atoms with E-state index in [0.717, 1.165) is 25.7 Å². The van der Waals surface area contributed by atoms with Crippen LogP contribution in [0.25, 0.3) is 0 Å². The van der Waals surface area contributed by atoms with E-state index in [1.807, 2.05) is 0 Å². The van der Waals surface area contributed by atoms with Crippen LogP contribution in [0.5, 0.6) is 0 Å². The van der Waals surface area contributed by atoms with Crippen LogP contribution in [0, 0.1) is 11.3 Å². The summed E-state index contributed by atoms with van der Waals surface area (Å²) in [6, 6.07) is 0. The first kappa shape index (κ1) is 17.2. The molecule has 0 spiro atoms. The van der Waals surface area contributed by atoms with E-state index in [9.17, 15) is 5.11 Å². The lowest BCUT2D eigenvalue weighted by molar-refractivity contribution is 0.00476. The number of hydrogen-bond donors (Lipinski definition) is 1. The van der Waals surface area contributed by atoms with Crippen LogP contribution in [0.3, 0.4) is 0 Å². The zero-order chi connectivity index (χ0) is 16.1. The van der Waals surface area contributed by atoms with Crippen molar-refractivity contribution < 1.29 is 9.53 Å². The van der Waals surface area contributed by atoms with Crippen molar-refractivity contribution in [2.75, 3.05) is 0 Å². The molecule has 0 unspecified atom stereocenters. The van der Waals surface area contributed by atoms with Crippen LogP contribution in [-0.2, 0) is 4.43 Å². The number of hydrogen-bond acceptors (Lipinski definition) is 2. The van der Waals surface area contributed by atoms with Gasteiger partial charge in [0.2, 0.25) is 0 Å². The van der Waals surface area contributed by atoms with E-state index < -0.39 is 8.32 Å². The van der Waals surface area contributed by atoms with Crippen molar-refractivity contribution in [2.45, 2.75) is 90.6 Å². The van der Waals surface area contributed by atoms with Gasteiger partial charge in [-0.1, -0.05) is 46.3 Å². The lowest BCUT2D eigenvalue weighted by Crippen LogP contribution is -2.47. The molecule has 21 heavy (non-hydrogen) atoms. The maximum absolute atomic E-state index is 10.5. The lowest BCUT2D eigenvalue weighted by Gasteiger charge is -2.49. The number of aliphatic hydroxyl groups is 1. The van der Waals surface area contributed by atoms with Crippen molar-refractivity contribution in [3.05, 3.63) is 11.6 Å². The third-order valence-electron chi connectivity index (χ3n) is 6.36. The Morgan fingerprint density at radius 1 is 1.24 bits per heavy atom. The Morgan fingerprint density at radius 3 is 2.43 bits per heavy atom. The average molecular weight is 311 g/mol. The van der Waals surface area contributed by atoms with E-state index >= 15 is 0 Å². The predicted octanol–water partition coefficient (Wildman–Crippen LogP) is 4.89. The van der Waals surface area contributed by atoms with Crippen molar-refractivity contribution in [1.82, 2.24) is 0 Å². The maximum Gasteiger partial charge on any atom is 0.192 e. The zero-order valence-corrected chi connectivity index (χ0v) is 16.0. The molecule has 1 N–H and O–H groups in total. The second-order valence-corrected chi connectivity index (χ2v) is 13.7. The van der Waals surface area contributed by atoms with Crippen molar-refractivity contribution in [1.29, 1.82) is 0 Å². The topological polar surface area (TPSA) is 29.5 Å². The fraction of sp³-hybridized carbons (Fsp3) is 0.889. The van der Waals surface area contributed by atoms with E-state index in [4.69, 9.17) is 4.43 Å². The molecule has 0 heterocycles. The highest BCUT2D eigenvalue weighted by molar-refractivity contribution is 6.74. The van der Waals surface area contributed by atoms with Gasteiger partial charge in [0, 0.05) is 5.41 Å². The van der Waals surface area contributed by atoms with Gasteiger partial charge in [0.05, 0.1) is 12.2 Å². The molecule has 0 aromatic rings. The predicted molar refractivity (Wildman–Crippen MR) is 91.9 cm³/mol. The van der Waals surface area contributed by atoms with Crippen LogP contribution < -0.4 is 0 Å². The average Bonchev–Trinajstić information content (AvgIpc) is 2.34. The van der Waals surface area contributed by atoms with Crippen molar-refractivity contribution in [2.24, 2.45) is 11.3 Å². The molecule has 0 radical (unpaired) electrons. The second-order valence-electron chi connectivity index (χ2n) is 8.99. The molecule has 3 heteroatoms. The molecule has 0 bridgehead atoms. The van der Waals surface area contributed by atoms with Crippen LogP contribution in [0.15, 0.2) is 11.6 Å². The standard InChI is InChI=1S/C18H34O2Si/c1-13-8-9-16(19)18(5)11-10-14(12-15(13)18)20-21(6,7)17(2,3)4/h12-14,16,19H,8-11H2,1-7H3/t13-,14-,16-,18-/m0/s1. The summed E-state index contributed by atoms with van der Waals surface area (Å²) < 4.78 is 6.60. The van der Waals surface area contributed by atoms with Gasteiger partial charge in [-0.2, -0.15) is 0 Å². The first-order valence-corrected chi connectivity index (χ1v) is 11.5. The summed E-state index contributed by atoms with van der Waals surface area (Å²) in [7, 11) is -1.72. The highest BCUT2D eigenvalue weighted by Crippen LogP contribution is 2.50. The van der Waals surface area contributed by atoms with Crippen LogP contribution >= 0.6 is 0 Å². The maximum atomic E-state index is 10.5. The molecule has 0 aromatic carbocycles. The van der Waals surface area contributed by atoms with Gasteiger partial charge in [-0.25, -0.2) is 0 Å². The first-order chi connectivity index (χ1) is 9.47. The minimum absolute atomic E-state index is 0.00897. The molecule has 0 aliphatic heterocycles. The smallest absolute Gasteiger partial charge is 0.192 e. The molecule has 0 saturated heterocycles. The summed E-state index contributed by atoms with van der Waals surface area (Å²) in [5.74, 6) is 0.587. The van der Waals surface area contributed by atoms with Crippen LogP contribution in [0.1, 0.15) is 60.3 Å². The van der Waals surface area contributed by atoms with Gasteiger partial charge in [-0.3, -0.25) is 0 Å². The molecule has 122 valence electrons. The van der Waals surface area contributed by atoms with E-state index in [-0.39, 0.29) is 22.7 Å². The van der Waals surface area contributed by atoms with E-state index in [2.05, 4.69) is 53.8 Å². The lowest BCUT2D eigenvalue weighted by atomic mass is 9.61. The largest absolute Gasteiger partial charge is 0.411 e. The summed E-state index contributed by atoms with van der Waals surface area (Å²) in [6.07, 6.45) is 6.62. The Morgan fingerprint density at radius 2 is 1.86 bits per heavy atom. The van der Waals surface area contributed by atoms with Gasteiger partial charge in [0.1, 0.15) is 0 Å². The highest BCUT2D eigenvalue weighted by Gasteiger charge is 2.46. The third kappa shape index (κ3) is 3.15. The monoisotopic (exact) mass is 310 g/mol. The van der Waals surface area contributed by atoms with Crippen LogP contribution in [-0.4, -0.2) is 25.6 Å². The van der Waals surface area contributed by atoms with Gasteiger partial charge in [-0.15, -0.1) is 0 Å². The van der Waals surface area contributed by atoms with Gasteiger partial charge < -0.3 is 9.53 Å². The molecule has 2 aliphatic carbocycles. The molecule has 2 nitrogen and oxygen atoms in total. The Kier molecular flexibility index (Phi) is 4.52. The Labute approximate surface area is 132 Å². The normalized spacial score (nSPS) is 37.9. The molecule has 4 atom stereocenters. The van der Waals surface area contributed by atoms with Gasteiger partial charge >= 0.3 is 0 Å². The fourth-order valence-corrected chi connectivity index (χ4v) is 4.97. The van der Waals surface area contributed by atoms with E-state index in [1.54, 1.807) is 0 Å². The number of rotatable bonds is 2. The van der Waals surface area contributed by atoms with Crippen molar-refractivity contribution >= 4 is 8.32 Å². The highest BCUT2D eigenvalue weighted by atomic mass is 28.4. The quantitative estimate of drug-likeness (QED) is 0.581. The second kappa shape index (κ2) is 5.50. The summed E-state index contributed by atoms with van der Waals surface area (Å²) in [6.45, 7) is 16.1. The van der Waals surface area contributed by atoms with Crippen molar-refractivity contribution in [3.8, 4) is 0 Å². The van der Waals surface area contributed by atoms with Gasteiger partial charge in [0.25, 0.3) is 0 Å². The summed E-state index contributed by atoms with van der Waals surface area (Å²) in [4.78, 5) is 0. The molecule has 2 aliphatic rings. The summed E-state index contributed by atoms with van der Waals surface area (Å²) >= 11 is 0. The molecular weight excluding hydrogens is 276 g/mol. The van der Waals surface area contributed by atoms with E-state index in [1.165, 1.54) is 5.57 Å². The molecule has 0 amide bonds. The number of fused-ring (bicyclic) bond motifs is 1. The van der Waals surface area contributed by atoms with Crippen LogP contribution in [0.4, 0.5) is 0 Å². The Hall–Kier alpha value is -0.123. The molecule has 1 saturated carbocycles. The Balaban J connectivity index is 2.21. The SMILES string of the molecule is C[C@H]1CC[C@H](O)[C@@]2(C)CC[C@H](O[Si](C)(C)C(C)(C)C)C=C12.